The summed E-state index contributed by atoms with van der Waals surface area (Å²) in [6.45, 7) is 6.60. The van der Waals surface area contributed by atoms with Gasteiger partial charge in [-0.25, -0.2) is 13.6 Å². The first kappa shape index (κ1) is 17.1. The fraction of sp³-hybridized carbons (Fsp3) is 0.611. The van der Waals surface area contributed by atoms with E-state index in [4.69, 9.17) is 10.5 Å². The summed E-state index contributed by atoms with van der Waals surface area (Å²) < 4.78 is 32.4. The van der Waals surface area contributed by atoms with Crippen molar-refractivity contribution < 1.29 is 18.3 Å². The van der Waals surface area contributed by atoms with Crippen LogP contribution in [0.25, 0.3) is 0 Å². The number of nitrogens with zero attached hydrogens (tertiary/aromatic N) is 1. The number of likely N-dealkylation sites (tertiary alicyclic amines) is 1. The number of nitrogens with two attached hydrogens (primary N) is 1. The molecule has 1 atom stereocenters. The van der Waals surface area contributed by atoms with Crippen molar-refractivity contribution in [2.75, 3.05) is 13.1 Å². The third kappa shape index (κ3) is 2.99. The highest BCUT2D eigenvalue weighted by molar-refractivity contribution is 5.68. The molecule has 2 aliphatic rings. The SMILES string of the molecule is CC(C)(C)OC(=O)N1CCC2(CC1)Cc1cc(F)c(F)cc1[C@@H]2N. The van der Waals surface area contributed by atoms with Gasteiger partial charge in [-0.15, -0.1) is 0 Å². The van der Waals surface area contributed by atoms with Crippen LogP contribution < -0.4 is 5.73 Å². The lowest BCUT2D eigenvalue weighted by atomic mass is 9.73. The lowest BCUT2D eigenvalue weighted by Gasteiger charge is -2.42. The first-order chi connectivity index (χ1) is 11.1. The molecule has 0 bridgehead atoms. The second-order valence-corrected chi connectivity index (χ2v) is 7.95. The quantitative estimate of drug-likeness (QED) is 0.787. The highest BCUT2D eigenvalue weighted by atomic mass is 19.2. The number of halogens is 2. The molecule has 1 aromatic carbocycles. The highest BCUT2D eigenvalue weighted by Gasteiger charge is 2.47. The van der Waals surface area contributed by atoms with Crippen molar-refractivity contribution in [3.8, 4) is 0 Å². The van der Waals surface area contributed by atoms with Gasteiger partial charge >= 0.3 is 6.09 Å². The van der Waals surface area contributed by atoms with E-state index >= 15 is 0 Å². The molecule has 1 saturated heterocycles. The van der Waals surface area contributed by atoms with Gasteiger partial charge in [0.25, 0.3) is 0 Å². The van der Waals surface area contributed by atoms with Crippen LogP contribution in [0.15, 0.2) is 12.1 Å². The van der Waals surface area contributed by atoms with Crippen molar-refractivity contribution in [2.45, 2.75) is 51.7 Å². The van der Waals surface area contributed by atoms with Crippen molar-refractivity contribution in [3.05, 3.63) is 34.9 Å². The number of amides is 1. The summed E-state index contributed by atoms with van der Waals surface area (Å²) in [5, 5.41) is 0. The fourth-order valence-electron chi connectivity index (χ4n) is 3.81. The minimum absolute atomic E-state index is 0.235. The van der Waals surface area contributed by atoms with E-state index in [0.29, 0.717) is 37.9 Å². The number of fused-ring (bicyclic) bond motifs is 1. The lowest BCUT2D eigenvalue weighted by molar-refractivity contribution is 0.00797. The van der Waals surface area contributed by atoms with E-state index in [1.807, 2.05) is 20.8 Å². The van der Waals surface area contributed by atoms with Crippen LogP contribution in [0.5, 0.6) is 0 Å². The van der Waals surface area contributed by atoms with Crippen LogP contribution in [0.1, 0.15) is 50.8 Å². The Morgan fingerprint density at radius 1 is 1.25 bits per heavy atom. The minimum atomic E-state index is -0.854. The van der Waals surface area contributed by atoms with E-state index in [1.165, 1.54) is 12.1 Å². The lowest BCUT2D eigenvalue weighted by Crippen LogP contribution is -2.47. The summed E-state index contributed by atoms with van der Waals surface area (Å²) in [5.41, 5.74) is 7.09. The van der Waals surface area contributed by atoms with Gasteiger partial charge in [0, 0.05) is 19.1 Å². The zero-order valence-corrected chi connectivity index (χ0v) is 14.4. The van der Waals surface area contributed by atoms with Gasteiger partial charge in [-0.3, -0.25) is 0 Å². The van der Waals surface area contributed by atoms with Crippen molar-refractivity contribution in [1.29, 1.82) is 0 Å². The number of ether oxygens (including phenoxy) is 1. The summed E-state index contributed by atoms with van der Waals surface area (Å²) >= 11 is 0. The van der Waals surface area contributed by atoms with E-state index in [2.05, 4.69) is 0 Å². The molecule has 0 saturated carbocycles. The summed E-state index contributed by atoms with van der Waals surface area (Å²) in [5.74, 6) is -1.68. The molecule has 6 heteroatoms. The average Bonchev–Trinajstić information content (AvgIpc) is 2.72. The predicted octanol–water partition coefficient (Wildman–Crippen LogP) is 3.54. The van der Waals surface area contributed by atoms with Gasteiger partial charge in [0.15, 0.2) is 11.6 Å². The maximum absolute atomic E-state index is 13.5. The van der Waals surface area contributed by atoms with Crippen LogP contribution in [0.3, 0.4) is 0 Å². The molecule has 24 heavy (non-hydrogen) atoms. The summed E-state index contributed by atoms with van der Waals surface area (Å²) in [6, 6.07) is 2.16. The maximum atomic E-state index is 13.5. The number of hydrogen-bond acceptors (Lipinski definition) is 3. The zero-order valence-electron chi connectivity index (χ0n) is 14.4. The number of carbonyl (C=O) groups excluding carboxylic acids is 1. The first-order valence-corrected chi connectivity index (χ1v) is 8.33. The van der Waals surface area contributed by atoms with Crippen molar-refractivity contribution in [2.24, 2.45) is 11.1 Å². The van der Waals surface area contributed by atoms with Gasteiger partial charge in [-0.1, -0.05) is 0 Å². The Hall–Kier alpha value is -1.69. The summed E-state index contributed by atoms with van der Waals surface area (Å²) in [7, 11) is 0. The number of rotatable bonds is 0. The van der Waals surface area contributed by atoms with Crippen LogP contribution in [-0.2, 0) is 11.2 Å². The second kappa shape index (κ2) is 5.69. The van der Waals surface area contributed by atoms with Crippen molar-refractivity contribution >= 4 is 6.09 Å². The van der Waals surface area contributed by atoms with E-state index in [1.54, 1.807) is 4.90 Å². The monoisotopic (exact) mass is 338 g/mol. The Kier molecular flexibility index (Phi) is 4.06. The number of benzene rings is 1. The molecule has 1 heterocycles. The Labute approximate surface area is 141 Å². The molecule has 3 rings (SSSR count). The van der Waals surface area contributed by atoms with Gasteiger partial charge < -0.3 is 15.4 Å². The van der Waals surface area contributed by atoms with Crippen LogP contribution in [0, 0.1) is 17.0 Å². The van der Waals surface area contributed by atoms with Gasteiger partial charge in [0.05, 0.1) is 0 Å². The minimum Gasteiger partial charge on any atom is -0.444 e. The smallest absolute Gasteiger partial charge is 0.410 e. The summed E-state index contributed by atoms with van der Waals surface area (Å²) in [6.07, 6.45) is 1.71. The topological polar surface area (TPSA) is 55.6 Å². The Bertz CT molecular complexity index is 662. The first-order valence-electron chi connectivity index (χ1n) is 8.33. The van der Waals surface area contributed by atoms with E-state index in [0.717, 1.165) is 5.56 Å². The van der Waals surface area contributed by atoms with Gasteiger partial charge in [0.2, 0.25) is 0 Å². The molecular formula is C18H24F2N2O2. The fourth-order valence-corrected chi connectivity index (χ4v) is 3.81. The zero-order chi connectivity index (χ0) is 17.7. The average molecular weight is 338 g/mol. The molecule has 2 N–H and O–H groups in total. The van der Waals surface area contributed by atoms with Crippen LogP contribution in [0.4, 0.5) is 13.6 Å². The standard InChI is InChI=1S/C18H24F2N2O2/c1-17(2,3)24-16(23)22-6-4-18(5-7-22)10-11-8-13(19)14(20)9-12(11)15(18)21/h8-9,15H,4-7,10,21H2,1-3H3/t15-/m0/s1. The number of piperidine rings is 1. The van der Waals surface area contributed by atoms with Crippen molar-refractivity contribution in [3.63, 3.8) is 0 Å². The Morgan fingerprint density at radius 2 is 1.83 bits per heavy atom. The normalized spacial score (nSPS) is 22.6. The molecule has 1 aliphatic carbocycles. The van der Waals surface area contributed by atoms with Crippen molar-refractivity contribution in [1.82, 2.24) is 4.90 Å². The third-order valence-corrected chi connectivity index (χ3v) is 5.13. The summed E-state index contributed by atoms with van der Waals surface area (Å²) in [4.78, 5) is 13.9. The molecule has 1 amide bonds. The highest BCUT2D eigenvalue weighted by Crippen LogP contribution is 2.51. The Morgan fingerprint density at radius 3 is 2.42 bits per heavy atom. The van der Waals surface area contributed by atoms with E-state index in [9.17, 15) is 13.6 Å². The predicted molar refractivity (Wildman–Crippen MR) is 86.5 cm³/mol. The molecule has 1 aliphatic heterocycles. The Balaban J connectivity index is 1.72. The molecule has 0 radical (unpaired) electrons. The van der Waals surface area contributed by atoms with Gasteiger partial charge in [-0.05, 0) is 68.7 Å². The largest absolute Gasteiger partial charge is 0.444 e. The second-order valence-electron chi connectivity index (χ2n) is 7.95. The van der Waals surface area contributed by atoms with Crippen LogP contribution in [-0.4, -0.2) is 29.7 Å². The number of hydrogen-bond donors (Lipinski definition) is 1. The van der Waals surface area contributed by atoms with Gasteiger partial charge in [0.1, 0.15) is 5.60 Å². The van der Waals surface area contributed by atoms with Crippen LogP contribution in [0.2, 0.25) is 0 Å². The maximum Gasteiger partial charge on any atom is 0.410 e. The molecule has 1 aromatic rings. The molecule has 0 unspecified atom stereocenters. The third-order valence-electron chi connectivity index (χ3n) is 5.13. The molecule has 4 nitrogen and oxygen atoms in total. The van der Waals surface area contributed by atoms with E-state index < -0.39 is 17.2 Å². The molecule has 1 spiro atoms. The molecule has 1 fully saturated rings. The van der Waals surface area contributed by atoms with Gasteiger partial charge in [-0.2, -0.15) is 0 Å². The number of carbonyl (C=O) groups is 1. The molecule has 0 aromatic heterocycles. The van der Waals surface area contributed by atoms with Crippen LogP contribution >= 0.6 is 0 Å². The molecular weight excluding hydrogens is 314 g/mol. The molecule has 132 valence electrons. The van der Waals surface area contributed by atoms with E-state index in [-0.39, 0.29) is 17.6 Å².